The van der Waals surface area contributed by atoms with Gasteiger partial charge in [-0.1, -0.05) is 19.3 Å². The molecule has 0 saturated carbocycles. The van der Waals surface area contributed by atoms with Crippen molar-refractivity contribution < 1.29 is 4.43 Å². The molecule has 1 saturated heterocycles. The van der Waals surface area contributed by atoms with Gasteiger partial charge in [0.2, 0.25) is 0 Å². The average molecular weight is 158 g/mol. The predicted molar refractivity (Wildman–Crippen MR) is 46.7 cm³/mol. The van der Waals surface area contributed by atoms with Crippen LogP contribution in [0.3, 0.4) is 0 Å². The Bertz CT molecular complexity index is 91.4. The molecule has 0 amide bonds. The molecule has 10 heavy (non-hydrogen) atoms. The fourth-order valence-electron chi connectivity index (χ4n) is 1.43. The third-order valence-electron chi connectivity index (χ3n) is 2.17. The molecular formula is C8H18OSi. The first kappa shape index (κ1) is 8.28. The molecule has 0 atom stereocenters. The van der Waals surface area contributed by atoms with Crippen molar-refractivity contribution in [3.8, 4) is 0 Å². The van der Waals surface area contributed by atoms with Gasteiger partial charge in [0, 0.05) is 6.61 Å². The van der Waals surface area contributed by atoms with Crippen LogP contribution in [0.1, 0.15) is 25.7 Å². The molecule has 0 radical (unpaired) electrons. The highest BCUT2D eigenvalue weighted by Crippen LogP contribution is 2.19. The van der Waals surface area contributed by atoms with Crippen molar-refractivity contribution in [2.24, 2.45) is 0 Å². The van der Waals surface area contributed by atoms with Gasteiger partial charge in [-0.15, -0.1) is 0 Å². The second-order valence-electron chi connectivity index (χ2n) is 3.77. The molecule has 0 aromatic heterocycles. The van der Waals surface area contributed by atoms with E-state index in [1.807, 2.05) is 0 Å². The lowest BCUT2D eigenvalue weighted by Gasteiger charge is -2.24. The lowest BCUT2D eigenvalue weighted by molar-refractivity contribution is 0.284. The standard InChI is InChI=1S/C8H18OSi/c1-10(2)8-6-4-3-5-7-9-10/h3-8H2,1-2H3. The van der Waals surface area contributed by atoms with Crippen molar-refractivity contribution in [2.75, 3.05) is 6.61 Å². The van der Waals surface area contributed by atoms with Gasteiger partial charge in [0.05, 0.1) is 0 Å². The van der Waals surface area contributed by atoms with Crippen molar-refractivity contribution in [3.63, 3.8) is 0 Å². The Balaban J connectivity index is 2.30. The van der Waals surface area contributed by atoms with Crippen LogP contribution in [0.5, 0.6) is 0 Å². The second kappa shape index (κ2) is 3.53. The summed E-state index contributed by atoms with van der Waals surface area (Å²) in [5.74, 6) is 0. The van der Waals surface area contributed by atoms with Crippen LogP contribution < -0.4 is 0 Å². The molecule has 0 aromatic rings. The van der Waals surface area contributed by atoms with E-state index in [2.05, 4.69) is 13.1 Å². The summed E-state index contributed by atoms with van der Waals surface area (Å²) < 4.78 is 5.81. The summed E-state index contributed by atoms with van der Waals surface area (Å²) in [5, 5.41) is 0. The monoisotopic (exact) mass is 158 g/mol. The molecule has 1 nitrogen and oxygen atoms in total. The van der Waals surface area contributed by atoms with Crippen LogP contribution in [-0.2, 0) is 4.43 Å². The van der Waals surface area contributed by atoms with Gasteiger partial charge in [0.1, 0.15) is 0 Å². The van der Waals surface area contributed by atoms with E-state index in [4.69, 9.17) is 4.43 Å². The summed E-state index contributed by atoms with van der Waals surface area (Å²) in [4.78, 5) is 0. The highest BCUT2D eigenvalue weighted by molar-refractivity contribution is 6.71. The quantitative estimate of drug-likeness (QED) is 0.493. The molecule has 2 heteroatoms. The number of hydrogen-bond acceptors (Lipinski definition) is 1. The van der Waals surface area contributed by atoms with Crippen molar-refractivity contribution in [3.05, 3.63) is 0 Å². The first-order chi connectivity index (χ1) is 4.71. The SMILES string of the molecule is C[Si]1(C)CCCCCCO1. The molecule has 1 heterocycles. The summed E-state index contributed by atoms with van der Waals surface area (Å²) >= 11 is 0. The predicted octanol–water partition coefficient (Wildman–Crippen LogP) is 2.78. The first-order valence-electron chi connectivity index (χ1n) is 4.35. The van der Waals surface area contributed by atoms with E-state index in [1.54, 1.807) is 0 Å². The molecule has 0 bridgehead atoms. The fraction of sp³-hybridized carbons (Fsp3) is 1.00. The van der Waals surface area contributed by atoms with E-state index >= 15 is 0 Å². The molecular weight excluding hydrogens is 140 g/mol. The van der Waals surface area contributed by atoms with Crippen molar-refractivity contribution in [1.82, 2.24) is 0 Å². The molecule has 1 aliphatic heterocycles. The summed E-state index contributed by atoms with van der Waals surface area (Å²) in [6, 6.07) is 1.37. The van der Waals surface area contributed by atoms with Crippen LogP contribution >= 0.6 is 0 Å². The zero-order valence-corrected chi connectivity index (χ0v) is 8.15. The zero-order valence-electron chi connectivity index (χ0n) is 7.15. The van der Waals surface area contributed by atoms with E-state index in [-0.39, 0.29) is 0 Å². The maximum absolute atomic E-state index is 5.81. The van der Waals surface area contributed by atoms with Crippen LogP contribution in [-0.4, -0.2) is 14.9 Å². The maximum Gasteiger partial charge on any atom is 0.186 e. The van der Waals surface area contributed by atoms with Crippen molar-refractivity contribution in [2.45, 2.75) is 44.8 Å². The molecule has 1 fully saturated rings. The van der Waals surface area contributed by atoms with Crippen LogP contribution in [0, 0.1) is 0 Å². The lowest BCUT2D eigenvalue weighted by atomic mass is 10.2. The summed E-state index contributed by atoms with van der Waals surface area (Å²) in [6.07, 6.45) is 5.50. The molecule has 0 unspecified atom stereocenters. The molecule has 60 valence electrons. The molecule has 0 N–H and O–H groups in total. The minimum Gasteiger partial charge on any atom is -0.417 e. The van der Waals surface area contributed by atoms with Crippen LogP contribution in [0.25, 0.3) is 0 Å². The molecule has 1 aliphatic rings. The smallest absolute Gasteiger partial charge is 0.186 e. The minimum absolute atomic E-state index is 1.03. The van der Waals surface area contributed by atoms with E-state index in [9.17, 15) is 0 Å². The Morgan fingerprint density at radius 1 is 1.00 bits per heavy atom. The summed E-state index contributed by atoms with van der Waals surface area (Å²) in [6.45, 7) is 5.69. The lowest BCUT2D eigenvalue weighted by Crippen LogP contribution is -2.31. The van der Waals surface area contributed by atoms with E-state index in [0.717, 1.165) is 6.61 Å². The molecule has 0 spiro atoms. The zero-order chi connectivity index (χ0) is 7.45. The summed E-state index contributed by atoms with van der Waals surface area (Å²) in [7, 11) is -1.17. The van der Waals surface area contributed by atoms with E-state index in [1.165, 1.54) is 31.7 Å². The van der Waals surface area contributed by atoms with Crippen molar-refractivity contribution in [1.29, 1.82) is 0 Å². The number of hydrogen-bond donors (Lipinski definition) is 0. The largest absolute Gasteiger partial charge is 0.417 e. The third kappa shape index (κ3) is 2.84. The van der Waals surface area contributed by atoms with E-state index in [0.29, 0.717) is 0 Å². The van der Waals surface area contributed by atoms with Gasteiger partial charge < -0.3 is 4.43 Å². The van der Waals surface area contributed by atoms with Gasteiger partial charge in [-0.05, 0) is 25.6 Å². The Kier molecular flexibility index (Phi) is 2.92. The second-order valence-corrected chi connectivity index (χ2v) is 8.08. The Hall–Kier alpha value is 0.177. The molecule has 0 aliphatic carbocycles. The molecule has 0 aromatic carbocycles. The van der Waals surface area contributed by atoms with Gasteiger partial charge in [-0.25, -0.2) is 0 Å². The third-order valence-corrected chi connectivity index (χ3v) is 4.71. The Morgan fingerprint density at radius 2 is 1.70 bits per heavy atom. The van der Waals surface area contributed by atoms with Gasteiger partial charge in [0.15, 0.2) is 8.32 Å². The van der Waals surface area contributed by atoms with Crippen LogP contribution in [0.2, 0.25) is 19.1 Å². The minimum atomic E-state index is -1.17. The van der Waals surface area contributed by atoms with E-state index < -0.39 is 8.32 Å². The van der Waals surface area contributed by atoms with Crippen molar-refractivity contribution >= 4 is 8.32 Å². The van der Waals surface area contributed by atoms with Gasteiger partial charge in [-0.2, -0.15) is 0 Å². The molecule has 1 rings (SSSR count). The summed E-state index contributed by atoms with van der Waals surface area (Å²) in [5.41, 5.74) is 0. The number of rotatable bonds is 0. The highest BCUT2D eigenvalue weighted by Gasteiger charge is 2.22. The Labute approximate surface area is 64.9 Å². The maximum atomic E-state index is 5.81. The average Bonchev–Trinajstić information content (AvgIpc) is 1.81. The van der Waals surface area contributed by atoms with Gasteiger partial charge in [-0.3, -0.25) is 0 Å². The first-order valence-corrected chi connectivity index (χ1v) is 7.46. The normalized spacial score (nSPS) is 27.0. The highest BCUT2D eigenvalue weighted by atomic mass is 28.4. The fourth-order valence-corrected chi connectivity index (χ4v) is 3.37. The van der Waals surface area contributed by atoms with Crippen LogP contribution in [0.15, 0.2) is 0 Å². The van der Waals surface area contributed by atoms with Gasteiger partial charge >= 0.3 is 0 Å². The van der Waals surface area contributed by atoms with Crippen LogP contribution in [0.4, 0.5) is 0 Å². The Morgan fingerprint density at radius 3 is 2.50 bits per heavy atom. The van der Waals surface area contributed by atoms with Gasteiger partial charge in [0.25, 0.3) is 0 Å². The topological polar surface area (TPSA) is 9.23 Å².